The van der Waals surface area contributed by atoms with Crippen LogP contribution in [0.1, 0.15) is 24.8 Å². The Bertz CT molecular complexity index is 540. The van der Waals surface area contributed by atoms with Crippen LogP contribution in [0.3, 0.4) is 0 Å². The van der Waals surface area contributed by atoms with Crippen molar-refractivity contribution in [1.29, 1.82) is 0 Å². The number of halogens is 1. The normalized spacial score (nSPS) is 18.1. The summed E-state index contributed by atoms with van der Waals surface area (Å²) in [5, 5.41) is 6.71. The van der Waals surface area contributed by atoms with Gasteiger partial charge in [0.05, 0.1) is 0 Å². The molecule has 0 saturated carbocycles. The van der Waals surface area contributed by atoms with E-state index in [0.717, 1.165) is 45.1 Å². The third-order valence-corrected chi connectivity index (χ3v) is 4.83. The first-order valence-electron chi connectivity index (χ1n) is 9.37. The Morgan fingerprint density at radius 1 is 1.16 bits per heavy atom. The maximum absolute atomic E-state index is 4.44. The van der Waals surface area contributed by atoms with Crippen molar-refractivity contribution in [3.63, 3.8) is 0 Å². The highest BCUT2D eigenvalue weighted by Gasteiger charge is 2.16. The summed E-state index contributed by atoms with van der Waals surface area (Å²) in [7, 11) is 0. The second kappa shape index (κ2) is 10.9. The summed E-state index contributed by atoms with van der Waals surface area (Å²) in [6.07, 6.45) is 3.61. The van der Waals surface area contributed by atoms with Crippen molar-refractivity contribution in [3.05, 3.63) is 29.8 Å². The molecule has 0 aromatic heterocycles. The molecule has 0 amide bonds. The third-order valence-electron chi connectivity index (χ3n) is 4.83. The molecule has 0 radical (unpaired) electrons. The van der Waals surface area contributed by atoms with Gasteiger partial charge in [-0.15, -0.1) is 24.0 Å². The second-order valence-electron chi connectivity index (χ2n) is 6.81. The summed E-state index contributed by atoms with van der Waals surface area (Å²) in [5.41, 5.74) is 2.72. The van der Waals surface area contributed by atoms with Gasteiger partial charge < -0.3 is 15.5 Å². The van der Waals surface area contributed by atoms with Crippen molar-refractivity contribution in [1.82, 2.24) is 15.5 Å². The number of hydrogen-bond acceptors (Lipinski definition) is 5. The quantitative estimate of drug-likeness (QED) is 0.509. The Balaban J connectivity index is 0.00000225. The predicted octanol–water partition coefficient (Wildman–Crippen LogP) is 2.45. The molecular weight excluding hydrogens is 425 g/mol. The maximum Gasteiger partial charge on any atom is 0.191 e. The molecule has 2 aliphatic heterocycles. The molecule has 0 bridgehead atoms. The van der Waals surface area contributed by atoms with Crippen LogP contribution in [0.25, 0.3) is 0 Å². The van der Waals surface area contributed by atoms with Crippen LogP contribution < -0.4 is 15.5 Å². The van der Waals surface area contributed by atoms with E-state index in [1.54, 1.807) is 0 Å². The van der Waals surface area contributed by atoms with Gasteiger partial charge in [0.15, 0.2) is 5.96 Å². The number of guanidine groups is 1. The lowest BCUT2D eigenvalue weighted by molar-refractivity contribution is 0.253. The number of anilines is 1. The van der Waals surface area contributed by atoms with Gasteiger partial charge in [-0.2, -0.15) is 0 Å². The summed E-state index contributed by atoms with van der Waals surface area (Å²) in [6, 6.07) is 8.86. The smallest absolute Gasteiger partial charge is 0.191 e. The summed E-state index contributed by atoms with van der Waals surface area (Å²) in [4.78, 5) is 9.55. The molecule has 2 heterocycles. The Morgan fingerprint density at radius 2 is 2.00 bits per heavy atom. The number of unbranched alkanes of at least 4 members (excludes halogenated alkanes) is 1. The number of piperazine rings is 1. The Hall–Kier alpha value is -1.02. The number of hydrogen-bond donors (Lipinski definition) is 2. The van der Waals surface area contributed by atoms with E-state index < -0.39 is 0 Å². The maximum atomic E-state index is 4.44. The average molecular weight is 457 g/mol. The van der Waals surface area contributed by atoms with E-state index in [1.165, 1.54) is 43.7 Å². The van der Waals surface area contributed by atoms with Crippen molar-refractivity contribution in [3.8, 4) is 0 Å². The van der Waals surface area contributed by atoms with Crippen LogP contribution in [0.5, 0.6) is 0 Å². The predicted molar refractivity (Wildman–Crippen MR) is 117 cm³/mol. The van der Waals surface area contributed by atoms with Crippen molar-refractivity contribution < 1.29 is 0 Å². The lowest BCUT2D eigenvalue weighted by atomic mass is 10.2. The molecule has 0 spiro atoms. The van der Waals surface area contributed by atoms with E-state index in [2.05, 4.69) is 56.6 Å². The summed E-state index contributed by atoms with van der Waals surface area (Å²) in [5.74, 6) is 0.994. The molecule has 2 aliphatic rings. The van der Waals surface area contributed by atoms with E-state index in [1.807, 2.05) is 0 Å². The number of aryl methyl sites for hydroxylation is 1. The molecule has 0 unspecified atom stereocenters. The van der Waals surface area contributed by atoms with Crippen molar-refractivity contribution in [2.75, 3.05) is 57.3 Å². The minimum atomic E-state index is 0. The van der Waals surface area contributed by atoms with Gasteiger partial charge >= 0.3 is 0 Å². The van der Waals surface area contributed by atoms with E-state index in [9.17, 15) is 0 Å². The van der Waals surface area contributed by atoms with E-state index in [-0.39, 0.29) is 24.0 Å². The summed E-state index contributed by atoms with van der Waals surface area (Å²) in [6.45, 7) is 11.0. The van der Waals surface area contributed by atoms with Crippen LogP contribution in [0.15, 0.2) is 29.3 Å². The highest BCUT2D eigenvalue weighted by atomic mass is 127. The van der Waals surface area contributed by atoms with Crippen LogP contribution in [0.4, 0.5) is 5.69 Å². The molecule has 25 heavy (non-hydrogen) atoms. The molecule has 1 aromatic carbocycles. The van der Waals surface area contributed by atoms with Gasteiger partial charge in [-0.1, -0.05) is 12.1 Å². The number of rotatable bonds is 6. The first-order chi connectivity index (χ1) is 11.8. The molecule has 1 fully saturated rings. The van der Waals surface area contributed by atoms with E-state index in [4.69, 9.17) is 0 Å². The standard InChI is InChI=1S/C19H31N5.HI/c1-17-6-4-7-18(16-17)24-14-12-23(13-15-24)11-3-2-8-20-19-21-9-5-10-22-19;/h4,6-7,16H,2-3,5,8-15H2,1H3,(H2,20,21,22);1H. The SMILES string of the molecule is Cc1cccc(N2CCN(CCCCNC3=NCCCN3)CC2)c1.I. The number of nitrogens with one attached hydrogen (secondary N) is 2. The molecule has 0 aliphatic carbocycles. The molecule has 3 rings (SSSR count). The fraction of sp³-hybridized carbons (Fsp3) is 0.632. The summed E-state index contributed by atoms with van der Waals surface area (Å²) < 4.78 is 0. The average Bonchev–Trinajstić information content (AvgIpc) is 2.63. The molecular formula is C19H32IN5. The monoisotopic (exact) mass is 457 g/mol. The molecule has 1 aromatic rings. The minimum Gasteiger partial charge on any atom is -0.369 e. The zero-order chi connectivity index (χ0) is 16.6. The van der Waals surface area contributed by atoms with Gasteiger partial charge in [0.2, 0.25) is 0 Å². The van der Waals surface area contributed by atoms with Crippen LogP contribution in [0, 0.1) is 6.92 Å². The highest BCUT2D eigenvalue weighted by molar-refractivity contribution is 14.0. The molecule has 140 valence electrons. The lowest BCUT2D eigenvalue weighted by Gasteiger charge is -2.36. The van der Waals surface area contributed by atoms with Crippen molar-refractivity contribution in [2.24, 2.45) is 4.99 Å². The number of aliphatic imine (C=N–C) groups is 1. The van der Waals surface area contributed by atoms with Crippen molar-refractivity contribution in [2.45, 2.75) is 26.2 Å². The summed E-state index contributed by atoms with van der Waals surface area (Å²) >= 11 is 0. The lowest BCUT2D eigenvalue weighted by Crippen LogP contribution is -2.46. The fourth-order valence-corrected chi connectivity index (χ4v) is 3.37. The zero-order valence-electron chi connectivity index (χ0n) is 15.3. The number of nitrogens with zero attached hydrogens (tertiary/aromatic N) is 3. The van der Waals surface area contributed by atoms with Gasteiger partial charge in [0, 0.05) is 51.5 Å². The topological polar surface area (TPSA) is 42.9 Å². The number of benzene rings is 1. The second-order valence-corrected chi connectivity index (χ2v) is 6.81. The third kappa shape index (κ3) is 6.66. The Kier molecular flexibility index (Phi) is 8.81. The Morgan fingerprint density at radius 3 is 2.72 bits per heavy atom. The first kappa shape index (κ1) is 20.3. The molecule has 6 heteroatoms. The van der Waals surface area contributed by atoms with Gasteiger partial charge in [-0.3, -0.25) is 9.89 Å². The van der Waals surface area contributed by atoms with Gasteiger partial charge in [-0.05, 0) is 50.4 Å². The van der Waals surface area contributed by atoms with E-state index >= 15 is 0 Å². The van der Waals surface area contributed by atoms with Crippen molar-refractivity contribution >= 4 is 35.6 Å². The molecule has 0 atom stereocenters. The van der Waals surface area contributed by atoms with Crippen LogP contribution in [-0.4, -0.2) is 63.2 Å². The fourth-order valence-electron chi connectivity index (χ4n) is 3.37. The van der Waals surface area contributed by atoms with Gasteiger partial charge in [0.1, 0.15) is 0 Å². The Labute approximate surface area is 169 Å². The zero-order valence-corrected chi connectivity index (χ0v) is 17.7. The minimum absolute atomic E-state index is 0. The first-order valence-corrected chi connectivity index (χ1v) is 9.37. The van der Waals surface area contributed by atoms with Gasteiger partial charge in [0.25, 0.3) is 0 Å². The van der Waals surface area contributed by atoms with Crippen LogP contribution in [-0.2, 0) is 0 Å². The van der Waals surface area contributed by atoms with Crippen LogP contribution >= 0.6 is 24.0 Å². The molecule has 5 nitrogen and oxygen atoms in total. The van der Waals surface area contributed by atoms with E-state index in [0.29, 0.717) is 0 Å². The van der Waals surface area contributed by atoms with Crippen LogP contribution in [0.2, 0.25) is 0 Å². The molecule has 1 saturated heterocycles. The van der Waals surface area contributed by atoms with Gasteiger partial charge in [-0.25, -0.2) is 0 Å². The largest absolute Gasteiger partial charge is 0.369 e. The molecule has 2 N–H and O–H groups in total. The highest BCUT2D eigenvalue weighted by Crippen LogP contribution is 2.17.